The Kier molecular flexibility index (Phi) is 3.32. The Balaban J connectivity index is 2.20. The van der Waals surface area contributed by atoms with Gasteiger partial charge in [0.1, 0.15) is 23.4 Å². The molecule has 0 bridgehead atoms. The third-order valence-electron chi connectivity index (χ3n) is 3.25. The van der Waals surface area contributed by atoms with E-state index in [2.05, 4.69) is 22.2 Å². The first-order chi connectivity index (χ1) is 9.72. The number of fused-ring (bicyclic) bond motifs is 1. The molecule has 0 unspecified atom stereocenters. The van der Waals surface area contributed by atoms with Crippen molar-refractivity contribution in [3.05, 3.63) is 41.2 Å². The maximum Gasteiger partial charge on any atom is 0.154 e. The molecule has 4 nitrogen and oxygen atoms in total. The van der Waals surface area contributed by atoms with Crippen molar-refractivity contribution < 1.29 is 4.42 Å². The number of benzene rings is 1. The molecule has 20 heavy (non-hydrogen) atoms. The van der Waals surface area contributed by atoms with E-state index in [-0.39, 0.29) is 0 Å². The maximum atomic E-state index is 6.00. The molecule has 1 N–H and O–H groups in total. The highest BCUT2D eigenvalue weighted by molar-refractivity contribution is 6.31. The van der Waals surface area contributed by atoms with E-state index < -0.39 is 0 Å². The lowest BCUT2D eigenvalue weighted by molar-refractivity contribution is 0.627. The fourth-order valence-corrected chi connectivity index (χ4v) is 2.49. The van der Waals surface area contributed by atoms with Crippen LogP contribution in [0.4, 0.5) is 5.82 Å². The van der Waals surface area contributed by atoms with Crippen LogP contribution in [0.2, 0.25) is 5.02 Å². The minimum absolute atomic E-state index is 0.694. The summed E-state index contributed by atoms with van der Waals surface area (Å²) in [6.07, 6.45) is 2.37. The molecule has 2 aromatic heterocycles. The zero-order chi connectivity index (χ0) is 14.1. The first kappa shape index (κ1) is 12.9. The van der Waals surface area contributed by atoms with Crippen LogP contribution >= 0.6 is 11.6 Å². The van der Waals surface area contributed by atoms with Gasteiger partial charge in [-0.05, 0) is 30.7 Å². The highest BCUT2D eigenvalue weighted by Gasteiger charge is 2.14. The van der Waals surface area contributed by atoms with Crippen LogP contribution in [0.3, 0.4) is 0 Å². The van der Waals surface area contributed by atoms with Crippen molar-refractivity contribution in [3.8, 4) is 11.5 Å². The number of nitrogens with zero attached hydrogens (tertiary/aromatic N) is 2. The van der Waals surface area contributed by atoms with Crippen LogP contribution in [-0.2, 0) is 6.42 Å². The number of anilines is 1. The number of halogens is 1. The number of furan rings is 1. The number of hydrogen-bond acceptors (Lipinski definition) is 4. The van der Waals surface area contributed by atoms with E-state index >= 15 is 0 Å². The lowest BCUT2D eigenvalue weighted by Crippen LogP contribution is -2.01. The van der Waals surface area contributed by atoms with Crippen molar-refractivity contribution in [2.24, 2.45) is 0 Å². The summed E-state index contributed by atoms with van der Waals surface area (Å²) in [5.74, 6) is 1.56. The average Bonchev–Trinajstić information content (AvgIpc) is 2.88. The summed E-state index contributed by atoms with van der Waals surface area (Å²) >= 11 is 6.00. The van der Waals surface area contributed by atoms with E-state index in [1.807, 2.05) is 31.3 Å². The molecular formula is C15H14ClN3O. The smallest absolute Gasteiger partial charge is 0.154 e. The molecule has 0 fully saturated rings. The van der Waals surface area contributed by atoms with Gasteiger partial charge in [-0.1, -0.05) is 18.5 Å². The van der Waals surface area contributed by atoms with Crippen LogP contribution in [-0.4, -0.2) is 17.0 Å². The molecule has 0 saturated heterocycles. The normalized spacial score (nSPS) is 10.9. The molecule has 2 heterocycles. The van der Waals surface area contributed by atoms with Gasteiger partial charge < -0.3 is 9.73 Å². The molecule has 0 saturated carbocycles. The summed E-state index contributed by atoms with van der Waals surface area (Å²) in [4.78, 5) is 8.61. The molecule has 0 atom stereocenters. The predicted octanol–water partition coefficient (Wildman–Crippen LogP) is 4.15. The molecule has 0 aliphatic heterocycles. The van der Waals surface area contributed by atoms with Gasteiger partial charge in [0, 0.05) is 23.0 Å². The van der Waals surface area contributed by atoms with Gasteiger partial charge in [0.25, 0.3) is 0 Å². The maximum absolute atomic E-state index is 6.00. The Morgan fingerprint density at radius 3 is 2.85 bits per heavy atom. The van der Waals surface area contributed by atoms with Gasteiger partial charge in [0.2, 0.25) is 0 Å². The average molecular weight is 288 g/mol. The highest BCUT2D eigenvalue weighted by atomic mass is 35.5. The van der Waals surface area contributed by atoms with Crippen LogP contribution in [0.25, 0.3) is 22.4 Å². The van der Waals surface area contributed by atoms with Gasteiger partial charge in [0.05, 0.1) is 0 Å². The van der Waals surface area contributed by atoms with Gasteiger partial charge in [0.15, 0.2) is 5.76 Å². The van der Waals surface area contributed by atoms with Gasteiger partial charge >= 0.3 is 0 Å². The summed E-state index contributed by atoms with van der Waals surface area (Å²) in [5, 5.41) is 4.75. The largest absolute Gasteiger partial charge is 0.454 e. The van der Waals surface area contributed by atoms with E-state index in [1.165, 1.54) is 0 Å². The highest BCUT2D eigenvalue weighted by Crippen LogP contribution is 2.32. The van der Waals surface area contributed by atoms with Crippen molar-refractivity contribution in [3.63, 3.8) is 0 Å². The molecule has 3 aromatic rings. The lowest BCUT2D eigenvalue weighted by Gasteiger charge is -2.08. The van der Waals surface area contributed by atoms with E-state index in [0.717, 1.165) is 40.2 Å². The monoisotopic (exact) mass is 287 g/mol. The zero-order valence-corrected chi connectivity index (χ0v) is 12.0. The molecule has 0 spiro atoms. The number of rotatable bonds is 3. The molecule has 0 aliphatic rings. The third kappa shape index (κ3) is 2.12. The molecule has 1 aromatic carbocycles. The van der Waals surface area contributed by atoms with Crippen LogP contribution in [0.15, 0.2) is 35.0 Å². The SMILES string of the molecule is CCc1c(NC)ncnc1-c1cc2cc(Cl)ccc2o1. The first-order valence-corrected chi connectivity index (χ1v) is 6.81. The van der Waals surface area contributed by atoms with Gasteiger partial charge in [-0.25, -0.2) is 9.97 Å². The Bertz CT molecular complexity index is 767. The summed E-state index contributed by atoms with van der Waals surface area (Å²) in [7, 11) is 1.85. The van der Waals surface area contributed by atoms with Crippen molar-refractivity contribution >= 4 is 28.4 Å². The van der Waals surface area contributed by atoms with Crippen molar-refractivity contribution in [2.45, 2.75) is 13.3 Å². The second-order valence-electron chi connectivity index (χ2n) is 4.45. The van der Waals surface area contributed by atoms with Crippen molar-refractivity contribution in [2.75, 3.05) is 12.4 Å². The van der Waals surface area contributed by atoms with Gasteiger partial charge in [-0.3, -0.25) is 0 Å². The molecule has 5 heteroatoms. The topological polar surface area (TPSA) is 51.0 Å². The molecule has 0 aliphatic carbocycles. The lowest BCUT2D eigenvalue weighted by atomic mass is 10.1. The van der Waals surface area contributed by atoms with E-state index in [0.29, 0.717) is 5.02 Å². The van der Waals surface area contributed by atoms with Crippen LogP contribution in [0, 0.1) is 0 Å². The Labute approximate surface area is 121 Å². The van der Waals surface area contributed by atoms with Gasteiger partial charge in [-0.15, -0.1) is 0 Å². The molecule has 102 valence electrons. The predicted molar refractivity (Wildman–Crippen MR) is 81.2 cm³/mol. The molecule has 0 amide bonds. The van der Waals surface area contributed by atoms with Crippen molar-refractivity contribution in [1.82, 2.24) is 9.97 Å². The zero-order valence-electron chi connectivity index (χ0n) is 11.3. The minimum Gasteiger partial charge on any atom is -0.454 e. The molecular weight excluding hydrogens is 274 g/mol. The number of aromatic nitrogens is 2. The van der Waals surface area contributed by atoms with E-state index in [1.54, 1.807) is 6.33 Å². The molecule has 3 rings (SSSR count). The van der Waals surface area contributed by atoms with Crippen LogP contribution in [0.5, 0.6) is 0 Å². The van der Waals surface area contributed by atoms with E-state index in [9.17, 15) is 0 Å². The van der Waals surface area contributed by atoms with Crippen LogP contribution < -0.4 is 5.32 Å². The summed E-state index contributed by atoms with van der Waals surface area (Å²) in [5.41, 5.74) is 2.66. The fourth-order valence-electron chi connectivity index (χ4n) is 2.31. The summed E-state index contributed by atoms with van der Waals surface area (Å²) in [6, 6.07) is 7.53. The quantitative estimate of drug-likeness (QED) is 0.786. The van der Waals surface area contributed by atoms with E-state index in [4.69, 9.17) is 16.0 Å². The first-order valence-electron chi connectivity index (χ1n) is 6.44. The van der Waals surface area contributed by atoms with Gasteiger partial charge in [-0.2, -0.15) is 0 Å². The third-order valence-corrected chi connectivity index (χ3v) is 3.48. The molecule has 0 radical (unpaired) electrons. The second kappa shape index (κ2) is 5.13. The Morgan fingerprint density at radius 2 is 2.10 bits per heavy atom. The summed E-state index contributed by atoms with van der Waals surface area (Å²) < 4.78 is 5.87. The van der Waals surface area contributed by atoms with Crippen LogP contribution in [0.1, 0.15) is 12.5 Å². The fraction of sp³-hybridized carbons (Fsp3) is 0.200. The Hall–Kier alpha value is -2.07. The summed E-state index contributed by atoms with van der Waals surface area (Å²) in [6.45, 7) is 2.07. The minimum atomic E-state index is 0.694. The van der Waals surface area contributed by atoms with Crippen molar-refractivity contribution in [1.29, 1.82) is 0 Å². The second-order valence-corrected chi connectivity index (χ2v) is 4.88. The number of nitrogens with one attached hydrogen (secondary N) is 1. The Morgan fingerprint density at radius 1 is 1.25 bits per heavy atom. The standard InChI is InChI=1S/C15H14ClN3O/c1-3-11-14(18-8-19-15(11)17-2)13-7-9-6-10(16)4-5-12(9)20-13/h4-8H,3H2,1-2H3,(H,17,18,19). The number of hydrogen-bond donors (Lipinski definition) is 1.